The minimum Gasteiger partial charge on any atom is -0.468 e. The minimum absolute atomic E-state index is 0.0741. The molecular formula is C11H19NO2. The van der Waals surface area contributed by atoms with Crippen molar-refractivity contribution in [2.75, 3.05) is 20.2 Å². The van der Waals surface area contributed by atoms with Gasteiger partial charge in [0.05, 0.1) is 7.11 Å². The van der Waals surface area contributed by atoms with Crippen LogP contribution in [0.25, 0.3) is 0 Å². The Hall–Kier alpha value is -0.830. The van der Waals surface area contributed by atoms with Gasteiger partial charge in [0.15, 0.2) is 0 Å². The van der Waals surface area contributed by atoms with Crippen molar-refractivity contribution < 1.29 is 9.53 Å². The molecule has 1 aliphatic heterocycles. The van der Waals surface area contributed by atoms with Crippen molar-refractivity contribution >= 4 is 5.97 Å². The molecule has 3 heteroatoms. The molecule has 0 fully saturated rings. The van der Waals surface area contributed by atoms with Gasteiger partial charge in [0, 0.05) is 13.1 Å². The van der Waals surface area contributed by atoms with Gasteiger partial charge in [-0.15, -0.1) is 0 Å². The van der Waals surface area contributed by atoms with Crippen molar-refractivity contribution in [3.8, 4) is 0 Å². The fourth-order valence-corrected chi connectivity index (χ4v) is 1.73. The largest absolute Gasteiger partial charge is 0.468 e. The third kappa shape index (κ3) is 2.84. The van der Waals surface area contributed by atoms with E-state index >= 15 is 0 Å². The number of esters is 1. The van der Waals surface area contributed by atoms with Crippen molar-refractivity contribution in [2.24, 2.45) is 5.92 Å². The molecule has 0 amide bonds. The SMILES string of the molecule is COC(=O)[C@H](CC(C)C)N1CC=CC1. The van der Waals surface area contributed by atoms with Crippen molar-refractivity contribution in [3.63, 3.8) is 0 Å². The van der Waals surface area contributed by atoms with E-state index in [4.69, 9.17) is 4.74 Å². The van der Waals surface area contributed by atoms with Crippen LogP contribution < -0.4 is 0 Å². The summed E-state index contributed by atoms with van der Waals surface area (Å²) < 4.78 is 4.82. The van der Waals surface area contributed by atoms with Gasteiger partial charge < -0.3 is 4.74 Å². The van der Waals surface area contributed by atoms with Gasteiger partial charge in [0.25, 0.3) is 0 Å². The van der Waals surface area contributed by atoms with E-state index in [1.54, 1.807) is 0 Å². The Morgan fingerprint density at radius 2 is 2.00 bits per heavy atom. The Labute approximate surface area is 85.7 Å². The first-order chi connectivity index (χ1) is 6.65. The number of hydrogen-bond acceptors (Lipinski definition) is 3. The standard InChI is InChI=1S/C11H19NO2/c1-9(2)8-10(11(13)14-3)12-6-4-5-7-12/h4-5,9-10H,6-8H2,1-3H3/t10-/m0/s1. The van der Waals surface area contributed by atoms with Crippen LogP contribution in [-0.4, -0.2) is 37.1 Å². The van der Waals surface area contributed by atoms with E-state index in [1.807, 2.05) is 0 Å². The van der Waals surface area contributed by atoms with Gasteiger partial charge in [-0.3, -0.25) is 9.69 Å². The van der Waals surface area contributed by atoms with E-state index in [2.05, 4.69) is 30.9 Å². The number of methoxy groups -OCH3 is 1. The highest BCUT2D eigenvalue weighted by Crippen LogP contribution is 2.15. The van der Waals surface area contributed by atoms with Gasteiger partial charge in [0.1, 0.15) is 6.04 Å². The predicted molar refractivity (Wildman–Crippen MR) is 56.0 cm³/mol. The first kappa shape index (κ1) is 11.2. The first-order valence-corrected chi connectivity index (χ1v) is 5.12. The number of carbonyl (C=O) groups is 1. The van der Waals surface area contributed by atoms with Crippen LogP contribution in [0.2, 0.25) is 0 Å². The lowest BCUT2D eigenvalue weighted by Crippen LogP contribution is -2.41. The van der Waals surface area contributed by atoms with Crippen molar-refractivity contribution in [3.05, 3.63) is 12.2 Å². The molecule has 1 aliphatic rings. The lowest BCUT2D eigenvalue weighted by Gasteiger charge is -2.26. The van der Waals surface area contributed by atoms with E-state index in [-0.39, 0.29) is 12.0 Å². The molecule has 3 nitrogen and oxygen atoms in total. The molecule has 0 N–H and O–H groups in total. The summed E-state index contributed by atoms with van der Waals surface area (Å²) in [5.74, 6) is 0.405. The average molecular weight is 197 g/mol. The summed E-state index contributed by atoms with van der Waals surface area (Å²) >= 11 is 0. The zero-order valence-corrected chi connectivity index (χ0v) is 9.19. The molecule has 0 saturated carbocycles. The van der Waals surface area contributed by atoms with Gasteiger partial charge in [-0.25, -0.2) is 0 Å². The third-order valence-corrected chi connectivity index (χ3v) is 2.46. The summed E-state index contributed by atoms with van der Waals surface area (Å²) in [6.07, 6.45) is 5.06. The molecule has 0 aliphatic carbocycles. The molecule has 0 aromatic rings. The number of ether oxygens (including phenoxy) is 1. The van der Waals surface area contributed by atoms with Crippen LogP contribution >= 0.6 is 0 Å². The van der Waals surface area contributed by atoms with Crippen LogP contribution in [-0.2, 0) is 9.53 Å². The monoisotopic (exact) mass is 197 g/mol. The van der Waals surface area contributed by atoms with Crippen LogP contribution in [0, 0.1) is 5.92 Å². The summed E-state index contributed by atoms with van der Waals surface area (Å²) in [4.78, 5) is 13.7. The summed E-state index contributed by atoms with van der Waals surface area (Å²) in [5, 5.41) is 0. The number of rotatable bonds is 4. The number of carbonyl (C=O) groups excluding carboxylic acids is 1. The summed E-state index contributed by atoms with van der Waals surface area (Å²) in [5.41, 5.74) is 0. The van der Waals surface area contributed by atoms with Gasteiger partial charge >= 0.3 is 5.97 Å². The molecule has 0 unspecified atom stereocenters. The van der Waals surface area contributed by atoms with Gasteiger partial charge in [-0.1, -0.05) is 26.0 Å². The zero-order valence-electron chi connectivity index (χ0n) is 9.19. The lowest BCUT2D eigenvalue weighted by molar-refractivity contribution is -0.147. The Kier molecular flexibility index (Phi) is 4.14. The quantitative estimate of drug-likeness (QED) is 0.504. The van der Waals surface area contributed by atoms with Crippen LogP contribution in [0.5, 0.6) is 0 Å². The second-order valence-electron chi connectivity index (χ2n) is 4.09. The molecule has 80 valence electrons. The smallest absolute Gasteiger partial charge is 0.323 e. The Bertz CT molecular complexity index is 215. The summed E-state index contributed by atoms with van der Waals surface area (Å²) in [7, 11) is 1.46. The molecule has 0 saturated heterocycles. The molecule has 1 rings (SSSR count). The van der Waals surface area contributed by atoms with Gasteiger partial charge in [-0.2, -0.15) is 0 Å². The molecule has 0 bridgehead atoms. The lowest BCUT2D eigenvalue weighted by atomic mass is 10.0. The number of hydrogen-bond donors (Lipinski definition) is 0. The van der Waals surface area contributed by atoms with E-state index in [1.165, 1.54) is 7.11 Å². The average Bonchev–Trinajstić information content (AvgIpc) is 2.65. The number of nitrogens with zero attached hydrogens (tertiary/aromatic N) is 1. The highest BCUT2D eigenvalue weighted by Gasteiger charge is 2.27. The molecule has 1 atom stereocenters. The third-order valence-electron chi connectivity index (χ3n) is 2.46. The van der Waals surface area contributed by atoms with Gasteiger partial charge in [-0.05, 0) is 12.3 Å². The fraction of sp³-hybridized carbons (Fsp3) is 0.727. The predicted octanol–water partition coefficient (Wildman–Crippen LogP) is 1.45. The molecule has 0 spiro atoms. The van der Waals surface area contributed by atoms with E-state index in [9.17, 15) is 4.79 Å². The molecule has 0 radical (unpaired) electrons. The maximum Gasteiger partial charge on any atom is 0.323 e. The van der Waals surface area contributed by atoms with Crippen LogP contribution in [0.15, 0.2) is 12.2 Å². The van der Waals surface area contributed by atoms with Crippen molar-refractivity contribution in [1.82, 2.24) is 4.90 Å². The Morgan fingerprint density at radius 3 is 2.43 bits per heavy atom. The molecule has 0 aromatic carbocycles. The Morgan fingerprint density at radius 1 is 1.43 bits per heavy atom. The first-order valence-electron chi connectivity index (χ1n) is 5.12. The van der Waals surface area contributed by atoms with E-state index < -0.39 is 0 Å². The van der Waals surface area contributed by atoms with E-state index in [0.29, 0.717) is 5.92 Å². The maximum absolute atomic E-state index is 11.5. The highest BCUT2D eigenvalue weighted by molar-refractivity contribution is 5.75. The van der Waals surface area contributed by atoms with E-state index in [0.717, 1.165) is 19.5 Å². The van der Waals surface area contributed by atoms with Crippen molar-refractivity contribution in [2.45, 2.75) is 26.3 Å². The van der Waals surface area contributed by atoms with Crippen molar-refractivity contribution in [1.29, 1.82) is 0 Å². The normalized spacial score (nSPS) is 18.9. The van der Waals surface area contributed by atoms with Crippen LogP contribution in [0.1, 0.15) is 20.3 Å². The second-order valence-corrected chi connectivity index (χ2v) is 4.09. The second kappa shape index (κ2) is 5.15. The Balaban J connectivity index is 2.56. The molecular weight excluding hydrogens is 178 g/mol. The van der Waals surface area contributed by atoms with Crippen LogP contribution in [0.3, 0.4) is 0 Å². The molecule has 0 aromatic heterocycles. The summed E-state index contributed by atoms with van der Waals surface area (Å²) in [6.45, 7) is 5.98. The van der Waals surface area contributed by atoms with Crippen LogP contribution in [0.4, 0.5) is 0 Å². The zero-order chi connectivity index (χ0) is 10.6. The maximum atomic E-state index is 11.5. The van der Waals surface area contributed by atoms with Gasteiger partial charge in [0.2, 0.25) is 0 Å². The molecule has 14 heavy (non-hydrogen) atoms. The minimum atomic E-state index is -0.109. The molecule has 1 heterocycles. The topological polar surface area (TPSA) is 29.5 Å². The summed E-state index contributed by atoms with van der Waals surface area (Å²) in [6, 6.07) is -0.0741. The highest BCUT2D eigenvalue weighted by atomic mass is 16.5. The fourth-order valence-electron chi connectivity index (χ4n) is 1.73.